The molecule has 1 aliphatic carbocycles. The highest BCUT2D eigenvalue weighted by molar-refractivity contribution is 5.77. The van der Waals surface area contributed by atoms with E-state index >= 15 is 0 Å². The van der Waals surface area contributed by atoms with Gasteiger partial charge in [0.25, 0.3) is 0 Å². The highest BCUT2D eigenvalue weighted by Crippen LogP contribution is 2.50. The van der Waals surface area contributed by atoms with Gasteiger partial charge in [0.1, 0.15) is 11.3 Å². The normalized spacial score (nSPS) is 25.1. The lowest BCUT2D eigenvalue weighted by molar-refractivity contribution is 0.0235. The molecule has 4 heteroatoms. The number of benzene rings is 1. The Morgan fingerprint density at radius 2 is 2.04 bits per heavy atom. The second-order valence-electron chi connectivity index (χ2n) is 8.63. The van der Waals surface area contributed by atoms with Crippen molar-refractivity contribution in [1.82, 2.24) is 0 Å². The van der Waals surface area contributed by atoms with Crippen molar-refractivity contribution in [2.75, 3.05) is 13.2 Å². The van der Waals surface area contributed by atoms with E-state index in [2.05, 4.69) is 27.7 Å². The number of aliphatic hydroxyl groups excluding tert-OH is 1. The maximum absolute atomic E-state index is 11.5. The Balaban J connectivity index is 1.86. The van der Waals surface area contributed by atoms with Gasteiger partial charge in [-0.25, -0.2) is 4.79 Å². The average molecular weight is 385 g/mol. The number of aliphatic hydroxyl groups is 1. The highest BCUT2D eigenvalue weighted by atomic mass is 16.5. The van der Waals surface area contributed by atoms with E-state index < -0.39 is 0 Å². The van der Waals surface area contributed by atoms with Gasteiger partial charge in [-0.15, -0.1) is 0 Å². The van der Waals surface area contributed by atoms with Gasteiger partial charge < -0.3 is 14.3 Å². The van der Waals surface area contributed by atoms with Gasteiger partial charge in [-0.3, -0.25) is 0 Å². The Morgan fingerprint density at radius 3 is 2.75 bits per heavy atom. The molecule has 0 spiro atoms. The summed E-state index contributed by atoms with van der Waals surface area (Å²) in [6.45, 7) is 9.86. The van der Waals surface area contributed by atoms with E-state index in [1.165, 1.54) is 17.2 Å². The third kappa shape index (κ3) is 4.17. The predicted molar refractivity (Wildman–Crippen MR) is 113 cm³/mol. The first-order chi connectivity index (χ1) is 13.3. The average Bonchev–Trinajstić information content (AvgIpc) is 2.67. The first-order valence-corrected chi connectivity index (χ1v) is 10.3. The monoisotopic (exact) mass is 384 g/mol. The summed E-state index contributed by atoms with van der Waals surface area (Å²) in [5.41, 5.74) is 3.12. The summed E-state index contributed by atoms with van der Waals surface area (Å²) in [6.07, 6.45) is 4.08. The van der Waals surface area contributed by atoms with Gasteiger partial charge in [0, 0.05) is 29.5 Å². The summed E-state index contributed by atoms with van der Waals surface area (Å²) in [6, 6.07) is 8.86. The van der Waals surface area contributed by atoms with Gasteiger partial charge in [-0.2, -0.15) is 0 Å². The summed E-state index contributed by atoms with van der Waals surface area (Å²) in [5.74, 6) is 1.66. The van der Waals surface area contributed by atoms with Crippen LogP contribution in [-0.2, 0) is 0 Å². The Hall–Kier alpha value is -2.07. The molecule has 1 aromatic carbocycles. The molecule has 3 atom stereocenters. The maximum Gasteiger partial charge on any atom is 0.336 e. The Kier molecular flexibility index (Phi) is 6.29. The predicted octanol–water partition coefficient (Wildman–Crippen LogP) is 5.33. The lowest BCUT2D eigenvalue weighted by Gasteiger charge is -2.48. The van der Waals surface area contributed by atoms with Gasteiger partial charge in [-0.05, 0) is 69.6 Å². The lowest BCUT2D eigenvalue weighted by Crippen LogP contribution is -2.44. The van der Waals surface area contributed by atoms with E-state index in [1.807, 2.05) is 12.1 Å². The molecule has 28 heavy (non-hydrogen) atoms. The maximum atomic E-state index is 11.5. The van der Waals surface area contributed by atoms with E-state index in [1.54, 1.807) is 12.1 Å². The fourth-order valence-electron chi connectivity index (χ4n) is 4.63. The summed E-state index contributed by atoms with van der Waals surface area (Å²) in [4.78, 5) is 11.5. The van der Waals surface area contributed by atoms with Gasteiger partial charge in [0.15, 0.2) is 0 Å². The van der Waals surface area contributed by atoms with Crippen molar-refractivity contribution in [2.24, 2.45) is 17.3 Å². The minimum atomic E-state index is -0.352. The standard InChI is InChI=1S/C24H32O4/c1-16(2)20-11-7-17(3)24(4,21(20)6-5-13-25)15-27-19-10-8-18-9-12-23(26)28-22(18)14-19/h8-10,12,14,17,21,25H,5-7,11,13,15H2,1-4H3/t17-,21-,24-/m0/s1. The van der Waals surface area contributed by atoms with E-state index in [-0.39, 0.29) is 17.6 Å². The Morgan fingerprint density at radius 1 is 1.29 bits per heavy atom. The molecule has 1 heterocycles. The number of fused-ring (bicyclic) bond motifs is 1. The van der Waals surface area contributed by atoms with Crippen molar-refractivity contribution in [3.63, 3.8) is 0 Å². The summed E-state index contributed by atoms with van der Waals surface area (Å²) in [5, 5.41) is 10.3. The van der Waals surface area contributed by atoms with Crippen molar-refractivity contribution in [3.8, 4) is 5.75 Å². The fraction of sp³-hybridized carbons (Fsp3) is 0.542. The van der Waals surface area contributed by atoms with Crippen LogP contribution < -0.4 is 10.4 Å². The van der Waals surface area contributed by atoms with Crippen LogP contribution in [0, 0.1) is 17.3 Å². The molecule has 1 aromatic heterocycles. The van der Waals surface area contributed by atoms with Crippen molar-refractivity contribution in [1.29, 1.82) is 0 Å². The summed E-state index contributed by atoms with van der Waals surface area (Å²) in [7, 11) is 0. The van der Waals surface area contributed by atoms with Crippen LogP contribution in [0.3, 0.4) is 0 Å². The number of hydrogen-bond donors (Lipinski definition) is 1. The Labute approximate surface area is 167 Å². The second kappa shape index (κ2) is 8.52. The van der Waals surface area contributed by atoms with Crippen LogP contribution in [0.5, 0.6) is 5.75 Å². The van der Waals surface area contributed by atoms with Gasteiger partial charge in [-0.1, -0.05) is 25.0 Å². The molecule has 1 saturated carbocycles. The number of hydrogen-bond acceptors (Lipinski definition) is 4. The van der Waals surface area contributed by atoms with Crippen molar-refractivity contribution in [3.05, 3.63) is 51.9 Å². The molecule has 2 aromatic rings. The van der Waals surface area contributed by atoms with Crippen LogP contribution in [-0.4, -0.2) is 18.3 Å². The highest BCUT2D eigenvalue weighted by Gasteiger charge is 2.44. The molecule has 1 fully saturated rings. The van der Waals surface area contributed by atoms with Crippen LogP contribution in [0.4, 0.5) is 0 Å². The summed E-state index contributed by atoms with van der Waals surface area (Å²) < 4.78 is 11.6. The van der Waals surface area contributed by atoms with Gasteiger partial charge >= 0.3 is 5.63 Å². The molecule has 1 aliphatic rings. The molecule has 152 valence electrons. The number of rotatable bonds is 6. The minimum Gasteiger partial charge on any atom is -0.493 e. The molecular weight excluding hydrogens is 352 g/mol. The van der Waals surface area contributed by atoms with Crippen molar-refractivity contribution >= 4 is 11.0 Å². The molecular formula is C24H32O4. The molecule has 4 nitrogen and oxygen atoms in total. The quantitative estimate of drug-likeness (QED) is 0.540. The molecule has 0 aliphatic heterocycles. The molecule has 1 N–H and O–H groups in total. The van der Waals surface area contributed by atoms with Crippen LogP contribution in [0.2, 0.25) is 0 Å². The Bertz CT molecular complexity index is 906. The van der Waals surface area contributed by atoms with Crippen LogP contribution >= 0.6 is 0 Å². The fourth-order valence-corrected chi connectivity index (χ4v) is 4.63. The van der Waals surface area contributed by atoms with Crippen LogP contribution in [0.25, 0.3) is 11.0 Å². The third-order valence-corrected chi connectivity index (χ3v) is 6.63. The van der Waals surface area contributed by atoms with Crippen molar-refractivity contribution in [2.45, 2.75) is 53.4 Å². The third-order valence-electron chi connectivity index (χ3n) is 6.63. The first kappa shape index (κ1) is 20.7. The largest absolute Gasteiger partial charge is 0.493 e. The zero-order valence-corrected chi connectivity index (χ0v) is 17.5. The molecule has 0 radical (unpaired) electrons. The lowest BCUT2D eigenvalue weighted by atomic mass is 9.58. The molecule has 0 bridgehead atoms. The first-order valence-electron chi connectivity index (χ1n) is 10.3. The second-order valence-corrected chi connectivity index (χ2v) is 8.63. The van der Waals surface area contributed by atoms with Gasteiger partial charge in [0.2, 0.25) is 0 Å². The SMILES string of the molecule is CC(C)=C1CC[C@H](C)[C@](C)(COc2ccc3ccc(=O)oc3c2)[C@H]1CCCO. The zero-order valence-electron chi connectivity index (χ0n) is 17.5. The van der Waals surface area contributed by atoms with E-state index in [9.17, 15) is 9.90 Å². The molecule has 0 saturated heterocycles. The van der Waals surface area contributed by atoms with Crippen LogP contribution in [0.1, 0.15) is 53.4 Å². The molecule has 3 rings (SSSR count). The summed E-state index contributed by atoms with van der Waals surface area (Å²) >= 11 is 0. The number of allylic oxidation sites excluding steroid dienone is 2. The molecule has 0 unspecified atom stereocenters. The van der Waals surface area contributed by atoms with Crippen LogP contribution in [0.15, 0.2) is 50.7 Å². The van der Waals surface area contributed by atoms with Crippen molar-refractivity contribution < 1.29 is 14.3 Å². The van der Waals surface area contributed by atoms with Gasteiger partial charge in [0.05, 0.1) is 6.61 Å². The zero-order chi connectivity index (χ0) is 20.3. The van der Waals surface area contributed by atoms with E-state index in [0.717, 1.165) is 36.8 Å². The smallest absolute Gasteiger partial charge is 0.336 e. The van der Waals surface area contributed by atoms with E-state index in [4.69, 9.17) is 9.15 Å². The number of ether oxygens (including phenoxy) is 1. The molecule has 0 amide bonds. The topological polar surface area (TPSA) is 59.7 Å². The minimum absolute atomic E-state index is 0.00743. The van der Waals surface area contributed by atoms with E-state index in [0.29, 0.717) is 24.0 Å².